The second kappa shape index (κ2) is 7.16. The molecule has 0 amide bonds. The summed E-state index contributed by atoms with van der Waals surface area (Å²) < 4.78 is 30.0. The van der Waals surface area contributed by atoms with E-state index < -0.39 is 16.1 Å². The van der Waals surface area contributed by atoms with E-state index in [-0.39, 0.29) is 19.0 Å². The molecule has 15 heavy (non-hydrogen) atoms. The highest BCUT2D eigenvalue weighted by Crippen LogP contribution is 2.05. The fourth-order valence-corrected chi connectivity index (χ4v) is 2.42. The first-order chi connectivity index (χ1) is 6.91. The second-order valence-electron chi connectivity index (χ2n) is 3.94. The number of ether oxygens (including phenoxy) is 1. The number of aliphatic hydroxyl groups excluding tert-OH is 1. The maximum atomic E-state index is 11.4. The Hall–Kier alpha value is -0.170. The molecule has 0 aromatic heterocycles. The molecule has 0 rings (SSSR count). The van der Waals surface area contributed by atoms with Gasteiger partial charge in [-0.3, -0.25) is 0 Å². The van der Waals surface area contributed by atoms with Crippen LogP contribution in [-0.2, 0) is 14.8 Å². The number of methoxy groups -OCH3 is 1. The van der Waals surface area contributed by atoms with E-state index >= 15 is 0 Å². The van der Waals surface area contributed by atoms with Gasteiger partial charge in [-0.25, -0.2) is 13.1 Å². The first-order valence-corrected chi connectivity index (χ1v) is 6.66. The Kier molecular flexibility index (Phi) is 7.08. The Morgan fingerprint density at radius 3 is 2.40 bits per heavy atom. The van der Waals surface area contributed by atoms with Gasteiger partial charge in [-0.05, 0) is 12.3 Å². The van der Waals surface area contributed by atoms with Crippen molar-refractivity contribution in [2.24, 2.45) is 5.92 Å². The van der Waals surface area contributed by atoms with E-state index in [2.05, 4.69) is 4.72 Å². The van der Waals surface area contributed by atoms with Crippen molar-refractivity contribution in [2.45, 2.75) is 26.3 Å². The van der Waals surface area contributed by atoms with E-state index in [1.165, 1.54) is 7.11 Å². The van der Waals surface area contributed by atoms with Gasteiger partial charge in [0.25, 0.3) is 0 Å². The zero-order valence-electron chi connectivity index (χ0n) is 9.56. The van der Waals surface area contributed by atoms with E-state index in [4.69, 9.17) is 9.84 Å². The van der Waals surface area contributed by atoms with Crippen LogP contribution >= 0.6 is 0 Å². The standard InChI is InChI=1S/C9H21NO4S/c1-8(2)6-9(7-11)10-15(12,13)5-4-14-3/h8-11H,4-7H2,1-3H3. The molecule has 0 fully saturated rings. The third-order valence-corrected chi connectivity index (χ3v) is 3.28. The van der Waals surface area contributed by atoms with Crippen molar-refractivity contribution in [3.63, 3.8) is 0 Å². The van der Waals surface area contributed by atoms with Crippen molar-refractivity contribution in [2.75, 3.05) is 26.1 Å². The van der Waals surface area contributed by atoms with Gasteiger partial charge in [-0.2, -0.15) is 0 Å². The Labute approximate surface area is 91.9 Å². The van der Waals surface area contributed by atoms with Gasteiger partial charge in [0, 0.05) is 13.2 Å². The lowest BCUT2D eigenvalue weighted by molar-refractivity contribution is 0.215. The summed E-state index contributed by atoms with van der Waals surface area (Å²) in [6, 6.07) is -0.396. The largest absolute Gasteiger partial charge is 0.395 e. The van der Waals surface area contributed by atoms with Gasteiger partial charge in [0.15, 0.2) is 0 Å². The predicted molar refractivity (Wildman–Crippen MR) is 59.1 cm³/mol. The lowest BCUT2D eigenvalue weighted by Gasteiger charge is -2.18. The summed E-state index contributed by atoms with van der Waals surface area (Å²) in [6.07, 6.45) is 0.628. The molecule has 0 aromatic carbocycles. The molecule has 0 aliphatic heterocycles. The van der Waals surface area contributed by atoms with E-state index in [0.29, 0.717) is 12.3 Å². The van der Waals surface area contributed by atoms with Gasteiger partial charge in [-0.15, -0.1) is 0 Å². The molecule has 0 bridgehead atoms. The van der Waals surface area contributed by atoms with Crippen LogP contribution in [0.5, 0.6) is 0 Å². The van der Waals surface area contributed by atoms with Crippen LogP contribution in [0.4, 0.5) is 0 Å². The maximum Gasteiger partial charge on any atom is 0.214 e. The molecule has 1 unspecified atom stereocenters. The van der Waals surface area contributed by atoms with E-state index in [1.54, 1.807) is 0 Å². The summed E-state index contributed by atoms with van der Waals surface area (Å²) in [6.45, 7) is 3.94. The number of rotatable bonds is 8. The molecule has 0 spiro atoms. The van der Waals surface area contributed by atoms with Crippen LogP contribution in [0.1, 0.15) is 20.3 Å². The first-order valence-electron chi connectivity index (χ1n) is 5.01. The third kappa shape index (κ3) is 7.72. The van der Waals surface area contributed by atoms with Crippen LogP contribution in [0.15, 0.2) is 0 Å². The Morgan fingerprint density at radius 1 is 1.40 bits per heavy atom. The molecular formula is C9H21NO4S. The second-order valence-corrected chi connectivity index (χ2v) is 5.81. The summed E-state index contributed by atoms with van der Waals surface area (Å²) in [7, 11) is -1.88. The van der Waals surface area contributed by atoms with Gasteiger partial charge in [0.05, 0.1) is 19.0 Å². The number of hydrogen-bond donors (Lipinski definition) is 2. The molecule has 0 aromatic rings. The summed E-state index contributed by atoms with van der Waals surface area (Å²) in [5.41, 5.74) is 0. The van der Waals surface area contributed by atoms with E-state index in [1.807, 2.05) is 13.8 Å². The minimum Gasteiger partial charge on any atom is -0.395 e. The van der Waals surface area contributed by atoms with Gasteiger partial charge in [0.1, 0.15) is 0 Å². The summed E-state index contributed by atoms with van der Waals surface area (Å²) >= 11 is 0. The van der Waals surface area contributed by atoms with Crippen molar-refractivity contribution in [1.82, 2.24) is 4.72 Å². The smallest absolute Gasteiger partial charge is 0.214 e. The molecule has 0 aliphatic rings. The highest BCUT2D eigenvalue weighted by atomic mass is 32.2. The lowest BCUT2D eigenvalue weighted by atomic mass is 10.1. The monoisotopic (exact) mass is 239 g/mol. The van der Waals surface area contributed by atoms with Crippen LogP contribution in [0, 0.1) is 5.92 Å². The zero-order chi connectivity index (χ0) is 11.9. The number of sulfonamides is 1. The average molecular weight is 239 g/mol. The molecule has 0 heterocycles. The van der Waals surface area contributed by atoms with Crippen molar-refractivity contribution < 1.29 is 18.3 Å². The van der Waals surface area contributed by atoms with Gasteiger partial charge < -0.3 is 9.84 Å². The molecule has 0 aliphatic carbocycles. The Bertz CT molecular complexity index is 251. The van der Waals surface area contributed by atoms with E-state index in [0.717, 1.165) is 0 Å². The molecule has 5 nitrogen and oxygen atoms in total. The number of nitrogens with one attached hydrogen (secondary N) is 1. The molecule has 92 valence electrons. The van der Waals surface area contributed by atoms with Crippen molar-refractivity contribution in [1.29, 1.82) is 0 Å². The van der Waals surface area contributed by atoms with E-state index in [9.17, 15) is 8.42 Å². The molecule has 0 saturated heterocycles. The number of hydrogen-bond acceptors (Lipinski definition) is 4. The minimum absolute atomic E-state index is 0.0713. The SMILES string of the molecule is COCCS(=O)(=O)NC(CO)CC(C)C. The molecule has 1 atom stereocenters. The van der Waals surface area contributed by atoms with Crippen molar-refractivity contribution >= 4 is 10.0 Å². The van der Waals surface area contributed by atoms with Crippen LogP contribution in [0.2, 0.25) is 0 Å². The minimum atomic E-state index is -3.34. The molecule has 0 saturated carbocycles. The summed E-state index contributed by atoms with van der Waals surface area (Å²) in [5.74, 6) is 0.269. The van der Waals surface area contributed by atoms with Crippen LogP contribution < -0.4 is 4.72 Å². The van der Waals surface area contributed by atoms with Gasteiger partial charge in [0.2, 0.25) is 10.0 Å². The summed E-state index contributed by atoms with van der Waals surface area (Å²) in [5, 5.41) is 9.01. The first kappa shape index (κ1) is 14.8. The quantitative estimate of drug-likeness (QED) is 0.623. The maximum absolute atomic E-state index is 11.4. The number of aliphatic hydroxyl groups is 1. The molecule has 6 heteroatoms. The third-order valence-electron chi connectivity index (χ3n) is 1.88. The highest BCUT2D eigenvalue weighted by molar-refractivity contribution is 7.89. The lowest BCUT2D eigenvalue weighted by Crippen LogP contribution is -2.40. The van der Waals surface area contributed by atoms with Crippen LogP contribution in [0.3, 0.4) is 0 Å². The summed E-state index contributed by atoms with van der Waals surface area (Å²) in [4.78, 5) is 0. The topological polar surface area (TPSA) is 75.6 Å². The molecule has 2 N–H and O–H groups in total. The predicted octanol–water partition coefficient (Wildman–Crippen LogP) is -0.0408. The fourth-order valence-electron chi connectivity index (χ4n) is 1.23. The highest BCUT2D eigenvalue weighted by Gasteiger charge is 2.17. The van der Waals surface area contributed by atoms with Crippen LogP contribution in [-0.4, -0.2) is 45.6 Å². The molecule has 0 radical (unpaired) electrons. The molecular weight excluding hydrogens is 218 g/mol. The van der Waals surface area contributed by atoms with Crippen LogP contribution in [0.25, 0.3) is 0 Å². The van der Waals surface area contributed by atoms with Crippen molar-refractivity contribution in [3.8, 4) is 0 Å². The Balaban J connectivity index is 4.15. The normalized spacial score (nSPS) is 14.5. The average Bonchev–Trinajstić information content (AvgIpc) is 2.12. The van der Waals surface area contributed by atoms with Crippen molar-refractivity contribution in [3.05, 3.63) is 0 Å². The van der Waals surface area contributed by atoms with Gasteiger partial charge in [-0.1, -0.05) is 13.8 Å². The Morgan fingerprint density at radius 2 is 2.00 bits per heavy atom. The zero-order valence-corrected chi connectivity index (χ0v) is 10.4. The van der Waals surface area contributed by atoms with Gasteiger partial charge >= 0.3 is 0 Å². The fraction of sp³-hybridized carbons (Fsp3) is 1.00.